The first-order valence-corrected chi connectivity index (χ1v) is 8.16. The lowest BCUT2D eigenvalue weighted by Crippen LogP contribution is -2.34. The molecule has 0 spiro atoms. The fraction of sp³-hybridized carbons (Fsp3) is 0.263. The number of rotatable bonds is 1. The average molecular weight is 324 g/mol. The first kappa shape index (κ1) is 14.5. The van der Waals surface area contributed by atoms with Crippen LogP contribution in [0.5, 0.6) is 0 Å². The largest absolute Gasteiger partial charge is 0.301 e. The summed E-state index contributed by atoms with van der Waals surface area (Å²) in [6.07, 6.45) is 0.973. The molecular formula is C19H18ClN3. The van der Waals surface area contributed by atoms with Crippen molar-refractivity contribution in [2.45, 2.75) is 32.7 Å². The monoisotopic (exact) mass is 323 g/mol. The van der Waals surface area contributed by atoms with Gasteiger partial charge in [0.2, 0.25) is 0 Å². The summed E-state index contributed by atoms with van der Waals surface area (Å²) in [6, 6.07) is 14.2. The van der Waals surface area contributed by atoms with Crippen molar-refractivity contribution in [2.24, 2.45) is 0 Å². The van der Waals surface area contributed by atoms with E-state index in [1.165, 1.54) is 16.7 Å². The lowest BCUT2D eigenvalue weighted by atomic mass is 9.84. The maximum absolute atomic E-state index is 6.01. The van der Waals surface area contributed by atoms with Crippen LogP contribution in [0, 0.1) is 6.92 Å². The van der Waals surface area contributed by atoms with Gasteiger partial charge in [-0.25, -0.2) is 0 Å². The molecule has 0 bridgehead atoms. The number of hydrogen-bond donors (Lipinski definition) is 0. The maximum atomic E-state index is 6.01. The van der Waals surface area contributed by atoms with Crippen LogP contribution in [0.3, 0.4) is 0 Å². The van der Waals surface area contributed by atoms with Crippen LogP contribution in [0.1, 0.15) is 25.0 Å². The molecule has 0 aliphatic carbocycles. The molecule has 4 rings (SSSR count). The van der Waals surface area contributed by atoms with Gasteiger partial charge in [-0.2, -0.15) is 0 Å². The summed E-state index contributed by atoms with van der Waals surface area (Å²) in [7, 11) is 0. The van der Waals surface area contributed by atoms with Crippen LogP contribution in [-0.2, 0) is 12.0 Å². The number of benzene rings is 2. The van der Waals surface area contributed by atoms with Gasteiger partial charge in [0.25, 0.3) is 0 Å². The van der Waals surface area contributed by atoms with Crippen molar-refractivity contribution in [3.63, 3.8) is 0 Å². The second-order valence-corrected chi connectivity index (χ2v) is 7.22. The second-order valence-electron chi connectivity index (χ2n) is 6.78. The van der Waals surface area contributed by atoms with Gasteiger partial charge in [-0.05, 0) is 62.6 Å². The molecule has 0 saturated heterocycles. The summed E-state index contributed by atoms with van der Waals surface area (Å²) in [4.78, 5) is 0. The van der Waals surface area contributed by atoms with E-state index < -0.39 is 0 Å². The van der Waals surface area contributed by atoms with Crippen molar-refractivity contribution < 1.29 is 0 Å². The predicted molar refractivity (Wildman–Crippen MR) is 93.7 cm³/mol. The molecule has 4 heteroatoms. The molecule has 0 N–H and O–H groups in total. The number of aryl methyl sites for hydroxylation is 1. The third-order valence-corrected chi connectivity index (χ3v) is 4.88. The molecule has 1 aliphatic rings. The lowest BCUT2D eigenvalue weighted by Gasteiger charge is -2.35. The van der Waals surface area contributed by atoms with Gasteiger partial charge in [-0.1, -0.05) is 29.8 Å². The fourth-order valence-electron chi connectivity index (χ4n) is 3.48. The molecule has 0 unspecified atom stereocenters. The Labute approximate surface area is 140 Å². The highest BCUT2D eigenvalue weighted by molar-refractivity contribution is 6.30. The molecule has 3 nitrogen and oxygen atoms in total. The van der Waals surface area contributed by atoms with Crippen LogP contribution in [-0.4, -0.2) is 14.8 Å². The topological polar surface area (TPSA) is 30.7 Å². The van der Waals surface area contributed by atoms with Crippen molar-refractivity contribution in [3.8, 4) is 22.8 Å². The molecule has 0 fully saturated rings. The molecule has 23 heavy (non-hydrogen) atoms. The lowest BCUT2D eigenvalue weighted by molar-refractivity contribution is 0.350. The third kappa shape index (κ3) is 2.19. The number of hydrogen-bond acceptors (Lipinski definition) is 2. The van der Waals surface area contributed by atoms with E-state index in [9.17, 15) is 0 Å². The van der Waals surface area contributed by atoms with Crippen LogP contribution >= 0.6 is 11.6 Å². The van der Waals surface area contributed by atoms with Crippen LogP contribution in [0.2, 0.25) is 5.02 Å². The molecular weight excluding hydrogens is 306 g/mol. The normalized spacial score (nSPS) is 15.1. The van der Waals surface area contributed by atoms with Crippen LogP contribution in [0.4, 0.5) is 0 Å². The van der Waals surface area contributed by atoms with Gasteiger partial charge in [0.1, 0.15) is 0 Å². The highest BCUT2D eigenvalue weighted by atomic mass is 35.5. The Bertz CT molecular complexity index is 891. The SMILES string of the molecule is Cc1cccc2c1CC(C)(C)n1c(-c3ccc(Cl)cc3)nnc1-2. The van der Waals surface area contributed by atoms with Crippen LogP contribution in [0.25, 0.3) is 22.8 Å². The Morgan fingerprint density at radius 3 is 2.43 bits per heavy atom. The second kappa shape index (κ2) is 4.93. The van der Waals surface area contributed by atoms with Crippen molar-refractivity contribution >= 4 is 11.6 Å². The molecule has 1 aliphatic heterocycles. The highest BCUT2D eigenvalue weighted by Gasteiger charge is 2.35. The van der Waals surface area contributed by atoms with Gasteiger partial charge in [0, 0.05) is 21.7 Å². The van der Waals surface area contributed by atoms with Crippen LogP contribution < -0.4 is 0 Å². The first-order chi connectivity index (χ1) is 11.0. The summed E-state index contributed by atoms with van der Waals surface area (Å²) in [5.41, 5.74) is 4.85. The van der Waals surface area contributed by atoms with E-state index in [2.05, 4.69) is 53.7 Å². The van der Waals surface area contributed by atoms with E-state index in [0.717, 1.165) is 28.7 Å². The van der Waals surface area contributed by atoms with E-state index >= 15 is 0 Å². The summed E-state index contributed by atoms with van der Waals surface area (Å²) < 4.78 is 2.26. The first-order valence-electron chi connectivity index (χ1n) is 7.78. The Morgan fingerprint density at radius 1 is 1.00 bits per heavy atom. The molecule has 0 radical (unpaired) electrons. The van der Waals surface area contributed by atoms with Gasteiger partial charge < -0.3 is 4.57 Å². The number of halogens is 1. The van der Waals surface area contributed by atoms with Crippen molar-refractivity contribution in [2.75, 3.05) is 0 Å². The van der Waals surface area contributed by atoms with E-state index in [4.69, 9.17) is 11.6 Å². The quantitative estimate of drug-likeness (QED) is 0.640. The summed E-state index contributed by atoms with van der Waals surface area (Å²) >= 11 is 6.01. The highest BCUT2D eigenvalue weighted by Crippen LogP contribution is 2.41. The smallest absolute Gasteiger partial charge is 0.165 e. The van der Waals surface area contributed by atoms with Crippen molar-refractivity contribution in [1.82, 2.24) is 14.8 Å². The molecule has 1 aromatic heterocycles. The molecule has 116 valence electrons. The molecule has 2 aromatic carbocycles. The summed E-state index contributed by atoms with van der Waals surface area (Å²) in [6.45, 7) is 6.66. The zero-order valence-electron chi connectivity index (χ0n) is 13.5. The fourth-order valence-corrected chi connectivity index (χ4v) is 3.60. The minimum atomic E-state index is -0.0765. The molecule has 0 atom stereocenters. The number of fused-ring (bicyclic) bond motifs is 3. The van der Waals surface area contributed by atoms with E-state index in [1.54, 1.807) is 0 Å². The third-order valence-electron chi connectivity index (χ3n) is 4.63. The van der Waals surface area contributed by atoms with Gasteiger partial charge in [-0.3, -0.25) is 0 Å². The maximum Gasteiger partial charge on any atom is 0.165 e. The van der Waals surface area contributed by atoms with Crippen molar-refractivity contribution in [3.05, 3.63) is 58.6 Å². The van der Waals surface area contributed by atoms with Gasteiger partial charge in [0.05, 0.1) is 0 Å². The molecule has 3 aromatic rings. The number of aromatic nitrogens is 3. The molecule has 0 saturated carbocycles. The van der Waals surface area contributed by atoms with E-state index in [-0.39, 0.29) is 5.54 Å². The Kier molecular flexibility index (Phi) is 3.10. The Hall–Kier alpha value is -2.13. The standard InChI is InChI=1S/C19H18ClN3/c1-12-5-4-6-15-16(12)11-19(2,3)23-17(21-22-18(15)23)13-7-9-14(20)10-8-13/h4-10H,11H2,1-3H3. The molecule has 0 amide bonds. The van der Waals surface area contributed by atoms with Crippen LogP contribution in [0.15, 0.2) is 42.5 Å². The van der Waals surface area contributed by atoms with E-state index in [1.807, 2.05) is 24.3 Å². The zero-order chi connectivity index (χ0) is 16.2. The minimum absolute atomic E-state index is 0.0765. The summed E-state index contributed by atoms with van der Waals surface area (Å²) in [5.74, 6) is 1.85. The van der Waals surface area contributed by atoms with Gasteiger partial charge >= 0.3 is 0 Å². The Balaban J connectivity index is 1.98. The van der Waals surface area contributed by atoms with Gasteiger partial charge in [-0.15, -0.1) is 10.2 Å². The average Bonchev–Trinajstić information content (AvgIpc) is 2.96. The minimum Gasteiger partial charge on any atom is -0.301 e. The predicted octanol–water partition coefficient (Wildman–Crippen LogP) is 4.87. The van der Waals surface area contributed by atoms with Crippen molar-refractivity contribution in [1.29, 1.82) is 0 Å². The summed E-state index contributed by atoms with van der Waals surface area (Å²) in [5, 5.41) is 9.73. The molecule has 2 heterocycles. The number of nitrogens with zero attached hydrogens (tertiary/aromatic N) is 3. The van der Waals surface area contributed by atoms with Gasteiger partial charge in [0.15, 0.2) is 11.6 Å². The van der Waals surface area contributed by atoms with E-state index in [0.29, 0.717) is 0 Å². The Morgan fingerprint density at radius 2 is 1.70 bits per heavy atom. The zero-order valence-corrected chi connectivity index (χ0v) is 14.2.